The zero-order valence-electron chi connectivity index (χ0n) is 11.6. The number of halogens is 2. The van der Waals surface area contributed by atoms with Gasteiger partial charge >= 0.3 is 0 Å². The molecule has 0 aromatic heterocycles. The maximum Gasteiger partial charge on any atom is 0.124 e. The molecular weight excluding hydrogens is 349 g/mol. The third-order valence-corrected chi connectivity index (χ3v) is 5.26. The van der Waals surface area contributed by atoms with Gasteiger partial charge in [0.25, 0.3) is 0 Å². The minimum Gasteiger partial charge on any atom is -0.310 e. The van der Waals surface area contributed by atoms with Gasteiger partial charge in [-0.1, -0.05) is 34.1 Å². The molecule has 0 saturated heterocycles. The van der Waals surface area contributed by atoms with E-state index in [1.807, 2.05) is 6.07 Å². The number of rotatable bonds is 6. The molecule has 1 nitrogen and oxygen atoms in total. The van der Waals surface area contributed by atoms with E-state index in [1.165, 1.54) is 35.4 Å². The molecule has 0 heterocycles. The summed E-state index contributed by atoms with van der Waals surface area (Å²) in [4.78, 5) is 1.25. The van der Waals surface area contributed by atoms with Crippen molar-refractivity contribution in [3.63, 3.8) is 0 Å². The standard InChI is InChI=1S/C17H17BrFNS/c18-17-9-14(19)5-4-13(17)11-21-16-3-1-2-12(8-16)10-20-15-6-7-15/h1-5,8-9,15,20H,6-7,10-11H2. The molecule has 1 aliphatic carbocycles. The number of hydrogen-bond donors (Lipinski definition) is 1. The molecule has 21 heavy (non-hydrogen) atoms. The second-order valence-corrected chi connectivity index (χ2v) is 7.23. The first-order valence-electron chi connectivity index (χ1n) is 7.10. The molecule has 1 N–H and O–H groups in total. The van der Waals surface area contributed by atoms with Gasteiger partial charge in [-0.25, -0.2) is 4.39 Å². The summed E-state index contributed by atoms with van der Waals surface area (Å²) in [5, 5.41) is 3.53. The second-order valence-electron chi connectivity index (χ2n) is 5.33. The molecule has 0 spiro atoms. The van der Waals surface area contributed by atoms with Crippen molar-refractivity contribution in [3.05, 3.63) is 63.9 Å². The summed E-state index contributed by atoms with van der Waals surface area (Å²) in [6.45, 7) is 0.944. The van der Waals surface area contributed by atoms with Crippen molar-refractivity contribution < 1.29 is 4.39 Å². The lowest BCUT2D eigenvalue weighted by atomic mass is 10.2. The largest absolute Gasteiger partial charge is 0.310 e. The average molecular weight is 366 g/mol. The van der Waals surface area contributed by atoms with Crippen LogP contribution in [0.5, 0.6) is 0 Å². The van der Waals surface area contributed by atoms with Gasteiger partial charge in [-0.2, -0.15) is 0 Å². The van der Waals surface area contributed by atoms with Crippen molar-refractivity contribution in [2.24, 2.45) is 0 Å². The third-order valence-electron chi connectivity index (χ3n) is 3.48. The lowest BCUT2D eigenvalue weighted by Crippen LogP contribution is -2.15. The molecule has 1 aliphatic rings. The van der Waals surface area contributed by atoms with Crippen molar-refractivity contribution in [2.45, 2.75) is 36.1 Å². The molecule has 0 radical (unpaired) electrons. The molecule has 4 heteroatoms. The van der Waals surface area contributed by atoms with Gasteiger partial charge in [0.05, 0.1) is 0 Å². The minimum atomic E-state index is -0.205. The van der Waals surface area contributed by atoms with E-state index in [-0.39, 0.29) is 5.82 Å². The summed E-state index contributed by atoms with van der Waals surface area (Å²) in [7, 11) is 0. The molecule has 2 aromatic carbocycles. The SMILES string of the molecule is Fc1ccc(CSc2cccc(CNC3CC3)c2)c(Br)c1. The van der Waals surface area contributed by atoms with Gasteiger partial charge in [0.15, 0.2) is 0 Å². The Balaban J connectivity index is 1.60. The Labute approximate surface area is 137 Å². The van der Waals surface area contributed by atoms with Crippen LogP contribution in [0.2, 0.25) is 0 Å². The number of nitrogens with one attached hydrogen (secondary N) is 1. The Hall–Kier alpha value is -0.840. The molecule has 1 saturated carbocycles. The molecule has 0 bridgehead atoms. The van der Waals surface area contributed by atoms with Crippen LogP contribution in [0.25, 0.3) is 0 Å². The Morgan fingerprint density at radius 2 is 2.05 bits per heavy atom. The van der Waals surface area contributed by atoms with Crippen LogP contribution in [0.4, 0.5) is 4.39 Å². The molecule has 0 unspecified atom stereocenters. The van der Waals surface area contributed by atoms with E-state index in [2.05, 4.69) is 45.5 Å². The van der Waals surface area contributed by atoms with E-state index in [4.69, 9.17) is 0 Å². The summed E-state index contributed by atoms with van der Waals surface area (Å²) in [5.41, 5.74) is 2.44. The molecule has 2 aromatic rings. The minimum absolute atomic E-state index is 0.205. The zero-order valence-corrected chi connectivity index (χ0v) is 14.0. The summed E-state index contributed by atoms with van der Waals surface area (Å²) < 4.78 is 13.9. The van der Waals surface area contributed by atoms with Crippen LogP contribution in [-0.2, 0) is 12.3 Å². The predicted molar refractivity (Wildman–Crippen MR) is 90.0 cm³/mol. The van der Waals surface area contributed by atoms with Crippen LogP contribution in [0.15, 0.2) is 51.8 Å². The molecule has 0 aliphatic heterocycles. The summed E-state index contributed by atoms with van der Waals surface area (Å²) >= 11 is 5.20. The molecule has 0 amide bonds. The summed E-state index contributed by atoms with van der Waals surface area (Å²) in [6, 6.07) is 14.2. The van der Waals surface area contributed by atoms with Crippen molar-refractivity contribution in [1.82, 2.24) is 5.32 Å². The number of thioether (sulfide) groups is 1. The van der Waals surface area contributed by atoms with Crippen LogP contribution in [-0.4, -0.2) is 6.04 Å². The van der Waals surface area contributed by atoms with Crippen molar-refractivity contribution in [2.75, 3.05) is 0 Å². The first-order valence-corrected chi connectivity index (χ1v) is 8.87. The van der Waals surface area contributed by atoms with Gasteiger partial charge in [-0.05, 0) is 48.2 Å². The predicted octanol–water partition coefficient (Wildman–Crippen LogP) is 5.13. The quantitative estimate of drug-likeness (QED) is 0.711. The molecular formula is C17H17BrFNS. The summed E-state index contributed by atoms with van der Waals surface area (Å²) in [6.07, 6.45) is 2.63. The highest BCUT2D eigenvalue weighted by Gasteiger charge is 2.19. The Kier molecular flexibility index (Phi) is 4.99. The molecule has 3 rings (SSSR count). The Bertz CT molecular complexity index is 628. The van der Waals surface area contributed by atoms with E-state index >= 15 is 0 Å². The van der Waals surface area contributed by atoms with E-state index in [9.17, 15) is 4.39 Å². The highest BCUT2D eigenvalue weighted by molar-refractivity contribution is 9.10. The first-order chi connectivity index (χ1) is 10.2. The normalized spacial score (nSPS) is 14.4. The van der Waals surface area contributed by atoms with Gasteiger partial charge in [-0.15, -0.1) is 11.8 Å². The van der Waals surface area contributed by atoms with Gasteiger partial charge in [0, 0.05) is 27.7 Å². The molecule has 110 valence electrons. The van der Waals surface area contributed by atoms with Crippen molar-refractivity contribution in [3.8, 4) is 0 Å². The Morgan fingerprint density at radius 1 is 1.19 bits per heavy atom. The third kappa shape index (κ3) is 4.56. The Morgan fingerprint density at radius 3 is 2.81 bits per heavy atom. The van der Waals surface area contributed by atoms with Crippen LogP contribution < -0.4 is 5.32 Å². The van der Waals surface area contributed by atoms with Crippen LogP contribution >= 0.6 is 27.7 Å². The van der Waals surface area contributed by atoms with Crippen LogP contribution in [0.3, 0.4) is 0 Å². The van der Waals surface area contributed by atoms with Gasteiger partial charge in [0.2, 0.25) is 0 Å². The van der Waals surface area contributed by atoms with Crippen molar-refractivity contribution >= 4 is 27.7 Å². The average Bonchev–Trinajstić information content (AvgIpc) is 3.29. The van der Waals surface area contributed by atoms with E-state index in [0.29, 0.717) is 0 Å². The summed E-state index contributed by atoms with van der Waals surface area (Å²) in [5.74, 6) is 0.629. The molecule has 0 atom stereocenters. The van der Waals surface area contributed by atoms with Crippen molar-refractivity contribution in [1.29, 1.82) is 0 Å². The van der Waals surface area contributed by atoms with Gasteiger partial charge in [-0.3, -0.25) is 0 Å². The monoisotopic (exact) mass is 365 g/mol. The zero-order chi connectivity index (χ0) is 14.7. The van der Waals surface area contributed by atoms with Crippen LogP contribution in [0, 0.1) is 5.82 Å². The first kappa shape index (κ1) is 15.1. The fourth-order valence-corrected chi connectivity index (χ4v) is 3.75. The fourth-order valence-electron chi connectivity index (χ4n) is 2.09. The maximum absolute atomic E-state index is 13.1. The van der Waals surface area contributed by atoms with Crippen LogP contribution in [0.1, 0.15) is 24.0 Å². The second kappa shape index (κ2) is 6.95. The topological polar surface area (TPSA) is 12.0 Å². The lowest BCUT2D eigenvalue weighted by Gasteiger charge is -2.07. The van der Waals surface area contributed by atoms with Gasteiger partial charge < -0.3 is 5.32 Å². The van der Waals surface area contributed by atoms with E-state index < -0.39 is 0 Å². The highest BCUT2D eigenvalue weighted by Crippen LogP contribution is 2.28. The van der Waals surface area contributed by atoms with E-state index in [1.54, 1.807) is 11.8 Å². The number of benzene rings is 2. The maximum atomic E-state index is 13.1. The lowest BCUT2D eigenvalue weighted by molar-refractivity contribution is 0.626. The highest BCUT2D eigenvalue weighted by atomic mass is 79.9. The fraction of sp³-hybridized carbons (Fsp3) is 0.294. The number of hydrogen-bond acceptors (Lipinski definition) is 2. The molecule has 1 fully saturated rings. The smallest absolute Gasteiger partial charge is 0.124 e. The van der Waals surface area contributed by atoms with E-state index in [0.717, 1.165) is 28.4 Å². The van der Waals surface area contributed by atoms with Gasteiger partial charge in [0.1, 0.15) is 5.82 Å².